The molecule has 0 aromatic heterocycles. The highest BCUT2D eigenvalue weighted by Crippen LogP contribution is 2.15. The molecule has 3 heteroatoms. The maximum Gasteiger partial charge on any atom is 0.313 e. The molecule has 0 spiro atoms. The first-order valence-corrected chi connectivity index (χ1v) is 5.54. The van der Waals surface area contributed by atoms with Crippen molar-refractivity contribution in [2.24, 2.45) is 0 Å². The predicted molar refractivity (Wildman–Crippen MR) is 66.9 cm³/mol. The number of carbonyl (C=O) groups is 1. The average Bonchev–Trinajstić information content (AvgIpc) is 2.28. The van der Waals surface area contributed by atoms with E-state index in [1.165, 1.54) is 16.3 Å². The van der Waals surface area contributed by atoms with E-state index >= 15 is 0 Å². The number of amides is 1. The van der Waals surface area contributed by atoms with E-state index in [0.717, 1.165) is 6.42 Å². The third kappa shape index (κ3) is 2.74. The summed E-state index contributed by atoms with van der Waals surface area (Å²) < 4.78 is 0. The number of benzene rings is 2. The van der Waals surface area contributed by atoms with Crippen LogP contribution >= 0.6 is 11.6 Å². The molecule has 1 N–H and O–H groups in total. The standard InChI is InChI=1S/C13H12ClNO/c14-13(16)15-8-7-10-5-6-11-3-1-2-4-12(11)9-10/h1-6,9H,7-8H2,(H,15,16). The van der Waals surface area contributed by atoms with Gasteiger partial charge >= 0.3 is 5.37 Å². The maximum atomic E-state index is 10.5. The van der Waals surface area contributed by atoms with Crippen LogP contribution in [0.1, 0.15) is 5.56 Å². The van der Waals surface area contributed by atoms with E-state index in [2.05, 4.69) is 35.6 Å². The molecule has 0 atom stereocenters. The molecular weight excluding hydrogens is 222 g/mol. The summed E-state index contributed by atoms with van der Waals surface area (Å²) in [4.78, 5) is 10.5. The van der Waals surface area contributed by atoms with Gasteiger partial charge in [-0.1, -0.05) is 42.5 Å². The second-order valence-corrected chi connectivity index (χ2v) is 3.98. The fourth-order valence-electron chi connectivity index (χ4n) is 1.70. The Labute approximate surface area is 99.2 Å². The van der Waals surface area contributed by atoms with Crippen LogP contribution in [-0.2, 0) is 6.42 Å². The van der Waals surface area contributed by atoms with Crippen molar-refractivity contribution in [2.75, 3.05) is 6.54 Å². The molecule has 0 aliphatic heterocycles. The molecule has 0 bridgehead atoms. The van der Waals surface area contributed by atoms with Crippen molar-refractivity contribution in [1.82, 2.24) is 5.32 Å². The van der Waals surface area contributed by atoms with Gasteiger partial charge in [0.1, 0.15) is 0 Å². The summed E-state index contributed by atoms with van der Waals surface area (Å²) >= 11 is 5.19. The van der Waals surface area contributed by atoms with Crippen LogP contribution in [-0.4, -0.2) is 11.9 Å². The van der Waals surface area contributed by atoms with Gasteiger partial charge in [-0.25, -0.2) is 0 Å². The first-order chi connectivity index (χ1) is 7.75. The number of hydrogen-bond donors (Lipinski definition) is 1. The molecule has 16 heavy (non-hydrogen) atoms. The van der Waals surface area contributed by atoms with E-state index in [0.29, 0.717) is 6.54 Å². The largest absolute Gasteiger partial charge is 0.342 e. The van der Waals surface area contributed by atoms with Crippen LogP contribution in [0.4, 0.5) is 4.79 Å². The lowest BCUT2D eigenvalue weighted by molar-refractivity contribution is 0.260. The molecule has 1 amide bonds. The average molecular weight is 234 g/mol. The second kappa shape index (κ2) is 4.99. The van der Waals surface area contributed by atoms with Crippen LogP contribution < -0.4 is 5.32 Å². The minimum atomic E-state index is -0.499. The highest BCUT2D eigenvalue weighted by molar-refractivity contribution is 6.62. The Bertz CT molecular complexity index is 510. The number of halogens is 1. The van der Waals surface area contributed by atoms with Crippen molar-refractivity contribution in [3.63, 3.8) is 0 Å². The molecule has 0 fully saturated rings. The third-order valence-corrected chi connectivity index (χ3v) is 2.63. The first-order valence-electron chi connectivity index (χ1n) is 5.17. The summed E-state index contributed by atoms with van der Waals surface area (Å²) in [5.74, 6) is 0. The summed E-state index contributed by atoms with van der Waals surface area (Å²) in [6.45, 7) is 0.570. The molecule has 2 aromatic carbocycles. The van der Waals surface area contributed by atoms with E-state index in [-0.39, 0.29) is 0 Å². The minimum Gasteiger partial charge on any atom is -0.342 e. The number of hydrogen-bond acceptors (Lipinski definition) is 1. The topological polar surface area (TPSA) is 29.1 Å². The Morgan fingerprint density at radius 2 is 1.88 bits per heavy atom. The molecule has 2 rings (SSSR count). The zero-order chi connectivity index (χ0) is 11.4. The van der Waals surface area contributed by atoms with Gasteiger partial charge in [0.2, 0.25) is 0 Å². The van der Waals surface area contributed by atoms with Gasteiger partial charge in [-0.2, -0.15) is 0 Å². The molecule has 0 aliphatic carbocycles. The molecule has 2 aromatic rings. The van der Waals surface area contributed by atoms with Gasteiger partial charge in [0.05, 0.1) is 0 Å². The zero-order valence-electron chi connectivity index (χ0n) is 8.74. The third-order valence-electron chi connectivity index (χ3n) is 2.49. The van der Waals surface area contributed by atoms with E-state index in [9.17, 15) is 4.79 Å². The van der Waals surface area contributed by atoms with E-state index in [4.69, 9.17) is 11.6 Å². The lowest BCUT2D eigenvalue weighted by Crippen LogP contribution is -2.19. The van der Waals surface area contributed by atoms with Gasteiger partial charge in [0.15, 0.2) is 0 Å². The summed E-state index contributed by atoms with van der Waals surface area (Å²) in [7, 11) is 0. The van der Waals surface area contributed by atoms with Crippen molar-refractivity contribution in [2.45, 2.75) is 6.42 Å². The molecule has 2 nitrogen and oxygen atoms in total. The van der Waals surface area contributed by atoms with Gasteiger partial charge in [0.25, 0.3) is 0 Å². The molecule has 0 saturated heterocycles. The number of carbonyl (C=O) groups excluding carboxylic acids is 1. The summed E-state index contributed by atoms with van der Waals surface area (Å²) in [5, 5.41) is 4.52. The first kappa shape index (κ1) is 11.0. The quantitative estimate of drug-likeness (QED) is 0.640. The molecule has 0 aliphatic rings. The number of rotatable bonds is 3. The Kier molecular flexibility index (Phi) is 3.42. The van der Waals surface area contributed by atoms with Gasteiger partial charge in [-0.05, 0) is 34.4 Å². The van der Waals surface area contributed by atoms with Crippen LogP contribution in [0, 0.1) is 0 Å². The zero-order valence-corrected chi connectivity index (χ0v) is 9.50. The summed E-state index contributed by atoms with van der Waals surface area (Å²) in [6.07, 6.45) is 0.795. The lowest BCUT2D eigenvalue weighted by atomic mass is 10.1. The maximum absolute atomic E-state index is 10.5. The molecule has 0 heterocycles. The Morgan fingerprint density at radius 3 is 2.62 bits per heavy atom. The molecule has 0 radical (unpaired) electrons. The lowest BCUT2D eigenvalue weighted by Gasteiger charge is -2.03. The fourth-order valence-corrected chi connectivity index (χ4v) is 1.79. The second-order valence-electron chi connectivity index (χ2n) is 3.63. The van der Waals surface area contributed by atoms with Crippen LogP contribution in [0.3, 0.4) is 0 Å². The van der Waals surface area contributed by atoms with Gasteiger partial charge in [0, 0.05) is 6.54 Å². The van der Waals surface area contributed by atoms with Crippen LogP contribution in [0.5, 0.6) is 0 Å². The summed E-state index contributed by atoms with van der Waals surface area (Å²) in [5.41, 5.74) is 1.20. The Hall–Kier alpha value is -1.54. The molecule has 0 unspecified atom stereocenters. The van der Waals surface area contributed by atoms with Gasteiger partial charge in [-0.3, -0.25) is 4.79 Å². The fraction of sp³-hybridized carbons (Fsp3) is 0.154. The van der Waals surface area contributed by atoms with Crippen LogP contribution in [0.15, 0.2) is 42.5 Å². The van der Waals surface area contributed by atoms with Crippen LogP contribution in [0.25, 0.3) is 10.8 Å². The van der Waals surface area contributed by atoms with Crippen molar-refractivity contribution in [1.29, 1.82) is 0 Å². The predicted octanol–water partition coefficient (Wildman–Crippen LogP) is 3.33. The molecular formula is C13H12ClNO. The highest BCUT2D eigenvalue weighted by atomic mass is 35.5. The molecule has 0 saturated carbocycles. The van der Waals surface area contributed by atoms with E-state index < -0.39 is 5.37 Å². The van der Waals surface area contributed by atoms with Crippen molar-refractivity contribution >= 4 is 27.7 Å². The highest BCUT2D eigenvalue weighted by Gasteiger charge is 1.97. The minimum absolute atomic E-state index is 0.499. The van der Waals surface area contributed by atoms with E-state index in [1.807, 2.05) is 12.1 Å². The van der Waals surface area contributed by atoms with Crippen molar-refractivity contribution in [3.05, 3.63) is 48.0 Å². The number of fused-ring (bicyclic) bond motifs is 1. The smallest absolute Gasteiger partial charge is 0.313 e. The number of nitrogens with one attached hydrogen (secondary N) is 1. The molecule has 82 valence electrons. The Morgan fingerprint density at radius 1 is 1.12 bits per heavy atom. The monoisotopic (exact) mass is 233 g/mol. The summed E-state index contributed by atoms with van der Waals surface area (Å²) in [6, 6.07) is 14.5. The SMILES string of the molecule is O=C(Cl)NCCc1ccc2ccccc2c1. The van der Waals surface area contributed by atoms with Crippen molar-refractivity contribution in [3.8, 4) is 0 Å². The van der Waals surface area contributed by atoms with Crippen molar-refractivity contribution < 1.29 is 4.79 Å². The Balaban J connectivity index is 2.10. The van der Waals surface area contributed by atoms with E-state index in [1.54, 1.807) is 0 Å². The normalized spacial score (nSPS) is 10.3. The van der Waals surface area contributed by atoms with Crippen LogP contribution in [0.2, 0.25) is 0 Å². The van der Waals surface area contributed by atoms with Gasteiger partial charge in [-0.15, -0.1) is 0 Å². The van der Waals surface area contributed by atoms with Gasteiger partial charge < -0.3 is 5.32 Å².